The molecule has 4 nitrogen and oxygen atoms in total. The lowest BCUT2D eigenvalue weighted by Crippen LogP contribution is -2.40. The van der Waals surface area contributed by atoms with E-state index in [2.05, 4.69) is 50.4 Å². The van der Waals surface area contributed by atoms with Crippen LogP contribution in [0.25, 0.3) is 0 Å². The summed E-state index contributed by atoms with van der Waals surface area (Å²) in [6.45, 7) is 9.52. The molecular formula is C18H27BrN2O2. The third-order valence-electron chi connectivity index (χ3n) is 3.96. The second kappa shape index (κ2) is 8.15. The average molecular weight is 383 g/mol. The normalized spacial score (nSPS) is 17.0. The van der Waals surface area contributed by atoms with E-state index in [9.17, 15) is 4.79 Å². The number of halogens is 1. The van der Waals surface area contributed by atoms with Crippen molar-refractivity contribution >= 4 is 22.0 Å². The van der Waals surface area contributed by atoms with Gasteiger partial charge in [-0.2, -0.15) is 0 Å². The maximum absolute atomic E-state index is 11.7. The van der Waals surface area contributed by atoms with Crippen LogP contribution in [0.15, 0.2) is 28.7 Å². The van der Waals surface area contributed by atoms with Gasteiger partial charge in [-0.05, 0) is 70.3 Å². The smallest absolute Gasteiger partial charge is 0.407 e. The minimum Gasteiger partial charge on any atom is -0.444 e. The van der Waals surface area contributed by atoms with Crippen LogP contribution in [-0.2, 0) is 11.3 Å². The summed E-state index contributed by atoms with van der Waals surface area (Å²) in [6, 6.07) is 8.51. The molecule has 1 heterocycles. The Morgan fingerprint density at radius 3 is 2.43 bits per heavy atom. The van der Waals surface area contributed by atoms with Crippen LogP contribution in [0.3, 0.4) is 0 Å². The molecule has 1 saturated heterocycles. The van der Waals surface area contributed by atoms with Crippen LogP contribution in [0.4, 0.5) is 4.79 Å². The number of benzene rings is 1. The van der Waals surface area contributed by atoms with Gasteiger partial charge in [0.25, 0.3) is 0 Å². The van der Waals surface area contributed by atoms with Crippen molar-refractivity contribution in [2.75, 3.05) is 19.6 Å². The lowest BCUT2D eigenvalue weighted by atomic mass is 9.96. The van der Waals surface area contributed by atoms with Crippen molar-refractivity contribution < 1.29 is 9.53 Å². The van der Waals surface area contributed by atoms with E-state index in [1.807, 2.05) is 20.8 Å². The Labute approximate surface area is 147 Å². The molecule has 5 heteroatoms. The number of carbonyl (C=O) groups is 1. The van der Waals surface area contributed by atoms with Gasteiger partial charge >= 0.3 is 6.09 Å². The number of likely N-dealkylation sites (tertiary alicyclic amines) is 1. The van der Waals surface area contributed by atoms with Gasteiger partial charge in [0, 0.05) is 17.6 Å². The van der Waals surface area contributed by atoms with Crippen molar-refractivity contribution in [3.63, 3.8) is 0 Å². The molecule has 1 aromatic rings. The highest BCUT2D eigenvalue weighted by molar-refractivity contribution is 9.10. The summed E-state index contributed by atoms with van der Waals surface area (Å²) in [5.74, 6) is 0.545. The lowest BCUT2D eigenvalue weighted by Gasteiger charge is -2.32. The van der Waals surface area contributed by atoms with E-state index in [0.717, 1.165) is 36.9 Å². The molecule has 1 aromatic carbocycles. The predicted octanol–water partition coefficient (Wildman–Crippen LogP) is 4.19. The van der Waals surface area contributed by atoms with Crippen LogP contribution < -0.4 is 5.32 Å². The first-order valence-electron chi connectivity index (χ1n) is 8.25. The number of alkyl carbamates (subject to hydrolysis) is 1. The second-order valence-electron chi connectivity index (χ2n) is 7.23. The topological polar surface area (TPSA) is 41.6 Å². The summed E-state index contributed by atoms with van der Waals surface area (Å²) in [6.07, 6.45) is 1.92. The molecule has 23 heavy (non-hydrogen) atoms. The zero-order chi connectivity index (χ0) is 16.9. The van der Waals surface area contributed by atoms with Gasteiger partial charge in [0.15, 0.2) is 0 Å². The summed E-state index contributed by atoms with van der Waals surface area (Å²) < 4.78 is 6.39. The van der Waals surface area contributed by atoms with Gasteiger partial charge in [-0.3, -0.25) is 4.90 Å². The molecule has 1 amide bonds. The lowest BCUT2D eigenvalue weighted by molar-refractivity contribution is 0.0509. The van der Waals surface area contributed by atoms with Crippen LogP contribution in [0.2, 0.25) is 0 Å². The number of amides is 1. The van der Waals surface area contributed by atoms with E-state index in [-0.39, 0.29) is 6.09 Å². The van der Waals surface area contributed by atoms with Crippen molar-refractivity contribution in [2.45, 2.75) is 45.8 Å². The van der Waals surface area contributed by atoms with E-state index in [1.54, 1.807) is 0 Å². The van der Waals surface area contributed by atoms with Crippen LogP contribution >= 0.6 is 15.9 Å². The molecule has 2 rings (SSSR count). The molecule has 0 unspecified atom stereocenters. The van der Waals surface area contributed by atoms with E-state index in [1.165, 1.54) is 5.56 Å². The summed E-state index contributed by atoms with van der Waals surface area (Å²) in [5, 5.41) is 2.89. The number of carbonyl (C=O) groups excluding carboxylic acids is 1. The van der Waals surface area contributed by atoms with Crippen LogP contribution in [0, 0.1) is 5.92 Å². The van der Waals surface area contributed by atoms with Crippen molar-refractivity contribution in [1.29, 1.82) is 0 Å². The van der Waals surface area contributed by atoms with Gasteiger partial charge in [0.1, 0.15) is 5.60 Å². The van der Waals surface area contributed by atoms with Gasteiger partial charge in [-0.25, -0.2) is 4.79 Å². The largest absolute Gasteiger partial charge is 0.444 e. The number of rotatable bonds is 4. The Balaban J connectivity index is 1.67. The second-order valence-corrected chi connectivity index (χ2v) is 8.14. The van der Waals surface area contributed by atoms with E-state index in [4.69, 9.17) is 4.74 Å². The number of hydrogen-bond donors (Lipinski definition) is 1. The molecule has 0 atom stereocenters. The first kappa shape index (κ1) is 18.3. The molecule has 0 saturated carbocycles. The monoisotopic (exact) mass is 382 g/mol. The highest BCUT2D eigenvalue weighted by Gasteiger charge is 2.21. The van der Waals surface area contributed by atoms with Crippen LogP contribution in [0.5, 0.6) is 0 Å². The molecule has 1 fully saturated rings. The molecule has 0 bridgehead atoms. The fourth-order valence-electron chi connectivity index (χ4n) is 2.74. The van der Waals surface area contributed by atoms with Crippen molar-refractivity contribution in [1.82, 2.24) is 10.2 Å². The third-order valence-corrected chi connectivity index (χ3v) is 4.49. The Morgan fingerprint density at radius 2 is 1.87 bits per heavy atom. The van der Waals surface area contributed by atoms with Crippen molar-refractivity contribution in [3.05, 3.63) is 34.3 Å². The SMILES string of the molecule is CC(C)(C)OC(=O)NCC1CCN(Cc2ccc(Br)cc2)CC1. The number of ether oxygens (including phenoxy) is 1. The highest BCUT2D eigenvalue weighted by Crippen LogP contribution is 2.19. The van der Waals surface area contributed by atoms with E-state index in [0.29, 0.717) is 12.5 Å². The number of nitrogens with one attached hydrogen (secondary N) is 1. The maximum atomic E-state index is 11.7. The molecule has 1 N–H and O–H groups in total. The molecule has 1 aliphatic heterocycles. The van der Waals surface area contributed by atoms with Crippen LogP contribution in [-0.4, -0.2) is 36.2 Å². The summed E-state index contributed by atoms with van der Waals surface area (Å²) >= 11 is 3.47. The minimum absolute atomic E-state index is 0.310. The Kier molecular flexibility index (Phi) is 6.48. The maximum Gasteiger partial charge on any atom is 0.407 e. The molecule has 0 radical (unpaired) electrons. The van der Waals surface area contributed by atoms with E-state index >= 15 is 0 Å². The zero-order valence-electron chi connectivity index (χ0n) is 14.3. The molecule has 1 aliphatic rings. The summed E-state index contributed by atoms with van der Waals surface area (Å²) in [4.78, 5) is 14.2. The van der Waals surface area contributed by atoms with Gasteiger partial charge in [0.2, 0.25) is 0 Å². The fraction of sp³-hybridized carbons (Fsp3) is 0.611. The zero-order valence-corrected chi connectivity index (χ0v) is 15.9. The standard InChI is InChI=1S/C18H27BrN2O2/c1-18(2,3)23-17(22)20-12-14-8-10-21(11-9-14)13-15-4-6-16(19)7-5-15/h4-7,14H,8-13H2,1-3H3,(H,20,22). The summed E-state index contributed by atoms with van der Waals surface area (Å²) in [5.41, 5.74) is 0.913. The van der Waals surface area contributed by atoms with Gasteiger partial charge < -0.3 is 10.1 Å². The number of piperidine rings is 1. The van der Waals surface area contributed by atoms with Gasteiger partial charge in [0.05, 0.1) is 0 Å². The minimum atomic E-state index is -0.432. The highest BCUT2D eigenvalue weighted by atomic mass is 79.9. The molecular weight excluding hydrogens is 356 g/mol. The van der Waals surface area contributed by atoms with E-state index < -0.39 is 5.60 Å². The quantitative estimate of drug-likeness (QED) is 0.848. The Morgan fingerprint density at radius 1 is 1.26 bits per heavy atom. The average Bonchev–Trinajstić information content (AvgIpc) is 2.47. The molecule has 0 aliphatic carbocycles. The van der Waals surface area contributed by atoms with Crippen molar-refractivity contribution in [2.24, 2.45) is 5.92 Å². The van der Waals surface area contributed by atoms with Gasteiger partial charge in [-0.15, -0.1) is 0 Å². The van der Waals surface area contributed by atoms with Crippen molar-refractivity contribution in [3.8, 4) is 0 Å². The Bertz CT molecular complexity index is 503. The molecule has 128 valence electrons. The molecule has 0 spiro atoms. The number of hydrogen-bond acceptors (Lipinski definition) is 3. The first-order chi connectivity index (χ1) is 10.8. The Hall–Kier alpha value is -1.07. The third kappa shape index (κ3) is 6.92. The molecule has 0 aromatic heterocycles. The van der Waals surface area contributed by atoms with Gasteiger partial charge in [-0.1, -0.05) is 28.1 Å². The predicted molar refractivity (Wildman–Crippen MR) is 96.4 cm³/mol. The summed E-state index contributed by atoms with van der Waals surface area (Å²) in [7, 11) is 0. The first-order valence-corrected chi connectivity index (χ1v) is 9.05. The number of nitrogens with zero attached hydrogens (tertiary/aromatic N) is 1. The fourth-order valence-corrected chi connectivity index (χ4v) is 3.00. The van der Waals surface area contributed by atoms with Crippen LogP contribution in [0.1, 0.15) is 39.2 Å².